The third-order valence-corrected chi connectivity index (χ3v) is 2.94. The molecule has 20 heavy (non-hydrogen) atoms. The summed E-state index contributed by atoms with van der Waals surface area (Å²) in [5, 5.41) is 3.26. The Balaban J connectivity index is 2.22. The number of aryl methyl sites for hydroxylation is 2. The minimum Gasteiger partial charge on any atom is -0.385 e. The average molecular weight is 277 g/mol. The zero-order chi connectivity index (χ0) is 14.5. The normalized spacial score (nSPS) is 10.8. The monoisotopic (exact) mass is 277 g/mol. The van der Waals surface area contributed by atoms with E-state index in [9.17, 15) is 4.39 Å². The van der Waals surface area contributed by atoms with Gasteiger partial charge in [0.15, 0.2) is 0 Å². The summed E-state index contributed by atoms with van der Waals surface area (Å²) in [6.07, 6.45) is 2.79. The second-order valence-corrected chi connectivity index (χ2v) is 4.84. The van der Waals surface area contributed by atoms with Crippen molar-refractivity contribution in [2.24, 2.45) is 0 Å². The molecule has 2 rings (SSSR count). The van der Waals surface area contributed by atoms with Gasteiger partial charge in [-0.15, -0.1) is 0 Å². The van der Waals surface area contributed by atoms with Crippen molar-refractivity contribution in [3.8, 4) is 5.69 Å². The van der Waals surface area contributed by atoms with Gasteiger partial charge < -0.3 is 10.1 Å². The first kappa shape index (κ1) is 14.5. The van der Waals surface area contributed by atoms with E-state index >= 15 is 0 Å². The quantitative estimate of drug-likeness (QED) is 0.825. The molecule has 2 aromatic rings. The molecular formula is C15H20FN3O. The van der Waals surface area contributed by atoms with Crippen LogP contribution in [0.4, 0.5) is 10.3 Å². The molecule has 0 saturated heterocycles. The first-order valence-corrected chi connectivity index (χ1v) is 6.66. The molecule has 0 unspecified atom stereocenters. The SMILES string of the molecule is COCCCNc1nc(C)cn1-c1cc(C)cc(F)c1. The Kier molecular flexibility index (Phi) is 4.74. The van der Waals surface area contributed by atoms with Crippen LogP contribution in [0.5, 0.6) is 0 Å². The Morgan fingerprint density at radius 2 is 2.10 bits per heavy atom. The van der Waals surface area contributed by atoms with Crippen molar-refractivity contribution in [2.45, 2.75) is 20.3 Å². The van der Waals surface area contributed by atoms with Crippen molar-refractivity contribution < 1.29 is 9.13 Å². The van der Waals surface area contributed by atoms with Gasteiger partial charge in [0, 0.05) is 26.5 Å². The summed E-state index contributed by atoms with van der Waals surface area (Å²) in [4.78, 5) is 4.43. The number of benzene rings is 1. The van der Waals surface area contributed by atoms with Crippen LogP contribution in [0.25, 0.3) is 5.69 Å². The molecular weight excluding hydrogens is 257 g/mol. The predicted molar refractivity (Wildman–Crippen MR) is 78.0 cm³/mol. The fourth-order valence-electron chi connectivity index (χ4n) is 2.09. The molecule has 108 valence electrons. The number of ether oxygens (including phenoxy) is 1. The standard InChI is InChI=1S/C15H20FN3O/c1-11-7-13(16)9-14(8-11)19-10-12(2)18-15(19)17-5-4-6-20-3/h7-10H,4-6H2,1-3H3,(H,17,18). The van der Waals surface area contributed by atoms with Crippen LogP contribution in [0.3, 0.4) is 0 Å². The third-order valence-electron chi connectivity index (χ3n) is 2.94. The van der Waals surface area contributed by atoms with Gasteiger partial charge in [0.2, 0.25) is 5.95 Å². The van der Waals surface area contributed by atoms with Crippen LogP contribution in [-0.4, -0.2) is 29.8 Å². The van der Waals surface area contributed by atoms with E-state index in [1.165, 1.54) is 12.1 Å². The molecule has 0 aliphatic rings. The molecule has 0 spiro atoms. The lowest BCUT2D eigenvalue weighted by Gasteiger charge is -2.10. The van der Waals surface area contributed by atoms with Gasteiger partial charge in [-0.2, -0.15) is 0 Å². The number of rotatable bonds is 6. The van der Waals surface area contributed by atoms with E-state index in [2.05, 4.69) is 10.3 Å². The largest absolute Gasteiger partial charge is 0.385 e. The second-order valence-electron chi connectivity index (χ2n) is 4.84. The molecule has 0 fully saturated rings. The highest BCUT2D eigenvalue weighted by molar-refractivity contribution is 5.44. The maximum Gasteiger partial charge on any atom is 0.207 e. The molecule has 1 aromatic carbocycles. The summed E-state index contributed by atoms with van der Waals surface area (Å²) >= 11 is 0. The van der Waals surface area contributed by atoms with Gasteiger partial charge in [0.05, 0.1) is 11.4 Å². The number of nitrogens with zero attached hydrogens (tertiary/aromatic N) is 2. The number of halogens is 1. The van der Waals surface area contributed by atoms with E-state index in [4.69, 9.17) is 4.74 Å². The van der Waals surface area contributed by atoms with Crippen LogP contribution in [-0.2, 0) is 4.74 Å². The zero-order valence-electron chi connectivity index (χ0n) is 12.1. The number of imidazole rings is 1. The fourth-order valence-corrected chi connectivity index (χ4v) is 2.09. The zero-order valence-corrected chi connectivity index (χ0v) is 12.1. The third kappa shape index (κ3) is 3.57. The maximum atomic E-state index is 13.5. The van der Waals surface area contributed by atoms with Crippen LogP contribution in [0.15, 0.2) is 24.4 Å². The summed E-state index contributed by atoms with van der Waals surface area (Å²) < 4.78 is 20.4. The number of aromatic nitrogens is 2. The molecule has 0 amide bonds. The lowest BCUT2D eigenvalue weighted by atomic mass is 10.2. The molecule has 0 aliphatic heterocycles. The van der Waals surface area contributed by atoms with Crippen LogP contribution in [0.1, 0.15) is 17.7 Å². The second kappa shape index (κ2) is 6.52. The molecule has 0 aliphatic carbocycles. The highest BCUT2D eigenvalue weighted by Gasteiger charge is 2.08. The molecule has 0 saturated carbocycles. The van der Waals surface area contributed by atoms with Crippen molar-refractivity contribution in [1.29, 1.82) is 0 Å². The minimum atomic E-state index is -0.239. The van der Waals surface area contributed by atoms with E-state index in [0.717, 1.165) is 35.9 Å². The van der Waals surface area contributed by atoms with Crippen LogP contribution < -0.4 is 5.32 Å². The van der Waals surface area contributed by atoms with Gasteiger partial charge in [-0.05, 0) is 44.0 Å². The van der Waals surface area contributed by atoms with Crippen LogP contribution >= 0.6 is 0 Å². The summed E-state index contributed by atoms with van der Waals surface area (Å²) in [7, 11) is 1.68. The lowest BCUT2D eigenvalue weighted by Crippen LogP contribution is -2.09. The Labute approximate surface area is 118 Å². The minimum absolute atomic E-state index is 0.239. The highest BCUT2D eigenvalue weighted by atomic mass is 19.1. The fraction of sp³-hybridized carbons (Fsp3) is 0.400. The summed E-state index contributed by atoms with van der Waals surface area (Å²) in [6.45, 7) is 5.26. The molecule has 1 heterocycles. The number of hydrogen-bond acceptors (Lipinski definition) is 3. The highest BCUT2D eigenvalue weighted by Crippen LogP contribution is 2.19. The molecule has 5 heteroatoms. The number of nitrogens with one attached hydrogen (secondary N) is 1. The van der Waals surface area contributed by atoms with Crippen molar-refractivity contribution in [3.63, 3.8) is 0 Å². The number of methoxy groups -OCH3 is 1. The lowest BCUT2D eigenvalue weighted by molar-refractivity contribution is 0.197. The molecule has 1 aromatic heterocycles. The molecule has 0 atom stereocenters. The summed E-state index contributed by atoms with van der Waals surface area (Å²) in [5.74, 6) is 0.486. The molecule has 4 nitrogen and oxygen atoms in total. The van der Waals surface area contributed by atoms with E-state index in [1.54, 1.807) is 7.11 Å². The van der Waals surface area contributed by atoms with Crippen LogP contribution in [0, 0.1) is 19.7 Å². The maximum absolute atomic E-state index is 13.5. The van der Waals surface area contributed by atoms with E-state index in [1.807, 2.05) is 30.7 Å². The number of hydrogen-bond donors (Lipinski definition) is 1. The summed E-state index contributed by atoms with van der Waals surface area (Å²) in [6, 6.07) is 4.96. The van der Waals surface area contributed by atoms with Gasteiger partial charge in [0.1, 0.15) is 5.82 Å². The van der Waals surface area contributed by atoms with Crippen molar-refractivity contribution >= 4 is 5.95 Å². The van der Waals surface area contributed by atoms with Crippen LogP contribution in [0.2, 0.25) is 0 Å². The Morgan fingerprint density at radius 3 is 2.80 bits per heavy atom. The first-order valence-electron chi connectivity index (χ1n) is 6.66. The van der Waals surface area contributed by atoms with Crippen molar-refractivity contribution in [2.75, 3.05) is 25.6 Å². The van der Waals surface area contributed by atoms with Crippen molar-refractivity contribution in [1.82, 2.24) is 9.55 Å². The Bertz CT molecular complexity index is 560. The van der Waals surface area contributed by atoms with Gasteiger partial charge in [-0.3, -0.25) is 4.57 Å². The average Bonchev–Trinajstić information content (AvgIpc) is 2.75. The smallest absolute Gasteiger partial charge is 0.207 e. The van der Waals surface area contributed by atoms with Gasteiger partial charge in [0.25, 0.3) is 0 Å². The van der Waals surface area contributed by atoms with Crippen molar-refractivity contribution in [3.05, 3.63) is 41.5 Å². The Hall–Kier alpha value is -1.88. The predicted octanol–water partition coefficient (Wildman–Crippen LogP) is 3.08. The van der Waals surface area contributed by atoms with E-state index in [-0.39, 0.29) is 5.82 Å². The van der Waals surface area contributed by atoms with Gasteiger partial charge in [-0.1, -0.05) is 0 Å². The molecule has 0 bridgehead atoms. The Morgan fingerprint density at radius 1 is 1.30 bits per heavy atom. The van der Waals surface area contributed by atoms with Gasteiger partial charge >= 0.3 is 0 Å². The molecule has 1 N–H and O–H groups in total. The molecule has 0 radical (unpaired) electrons. The van der Waals surface area contributed by atoms with Gasteiger partial charge in [-0.25, -0.2) is 9.37 Å². The van der Waals surface area contributed by atoms with E-state index < -0.39 is 0 Å². The number of anilines is 1. The summed E-state index contributed by atoms with van der Waals surface area (Å²) in [5.41, 5.74) is 2.55. The first-order chi connectivity index (χ1) is 9.60. The topological polar surface area (TPSA) is 39.1 Å². The van der Waals surface area contributed by atoms with E-state index in [0.29, 0.717) is 6.61 Å².